The van der Waals surface area contributed by atoms with Gasteiger partial charge in [-0.05, 0) is 17.7 Å². The number of benzene rings is 1. The van der Waals surface area contributed by atoms with E-state index in [0.717, 1.165) is 5.56 Å². The third-order valence-corrected chi connectivity index (χ3v) is 2.41. The average molecular weight is 217 g/mol. The van der Waals surface area contributed by atoms with Crippen LogP contribution in [0.5, 0.6) is 0 Å². The summed E-state index contributed by atoms with van der Waals surface area (Å²) in [6, 6.07) is 6.91. The summed E-state index contributed by atoms with van der Waals surface area (Å²) < 4.78 is 0. The molecule has 1 aromatic carbocycles. The lowest BCUT2D eigenvalue weighted by molar-refractivity contribution is 0.185. The van der Waals surface area contributed by atoms with Crippen molar-refractivity contribution in [2.45, 2.75) is 11.5 Å². The highest BCUT2D eigenvalue weighted by atomic mass is 35.5. The fourth-order valence-corrected chi connectivity index (χ4v) is 1.24. The second kappa shape index (κ2) is 4.66. The molecule has 70 valence electrons. The van der Waals surface area contributed by atoms with E-state index in [1.165, 1.54) is 6.08 Å². The predicted molar refractivity (Wildman–Crippen MR) is 56.2 cm³/mol. The first-order chi connectivity index (χ1) is 6.15. The number of hydrogen-bond acceptors (Lipinski definition) is 1. The summed E-state index contributed by atoms with van der Waals surface area (Å²) in [6.45, 7) is 3.51. The minimum Gasteiger partial charge on any atom is -0.387 e. The van der Waals surface area contributed by atoms with Crippen molar-refractivity contribution >= 4 is 23.2 Å². The second-order valence-electron chi connectivity index (χ2n) is 2.68. The van der Waals surface area contributed by atoms with Crippen LogP contribution in [0.4, 0.5) is 0 Å². The molecule has 3 heteroatoms. The Bertz CT molecular complexity index is 281. The number of halogens is 2. The standard InChI is InChI=1S/C10H10Cl2O/c1-2-9(12)10(13)7-3-5-8(11)6-4-7/h2-6,9-10,13H,1H2/t9-,10-/m1/s1. The van der Waals surface area contributed by atoms with E-state index in [9.17, 15) is 5.11 Å². The molecule has 1 rings (SSSR count). The Kier molecular flexibility index (Phi) is 3.79. The smallest absolute Gasteiger partial charge is 0.0988 e. The molecule has 1 N–H and O–H groups in total. The van der Waals surface area contributed by atoms with E-state index < -0.39 is 11.5 Å². The molecule has 0 fully saturated rings. The molecular weight excluding hydrogens is 207 g/mol. The fourth-order valence-electron chi connectivity index (χ4n) is 0.973. The molecule has 0 saturated heterocycles. The lowest BCUT2D eigenvalue weighted by Gasteiger charge is -2.13. The second-order valence-corrected chi connectivity index (χ2v) is 3.62. The van der Waals surface area contributed by atoms with Gasteiger partial charge < -0.3 is 5.11 Å². The normalized spacial score (nSPS) is 15.0. The van der Waals surface area contributed by atoms with E-state index in [4.69, 9.17) is 23.2 Å². The summed E-state index contributed by atoms with van der Waals surface area (Å²) in [4.78, 5) is 0. The number of rotatable bonds is 3. The van der Waals surface area contributed by atoms with Crippen molar-refractivity contribution in [2.24, 2.45) is 0 Å². The molecule has 2 atom stereocenters. The molecule has 1 aromatic rings. The number of aliphatic hydroxyl groups is 1. The van der Waals surface area contributed by atoms with Crippen molar-refractivity contribution in [3.63, 3.8) is 0 Å². The fraction of sp³-hybridized carbons (Fsp3) is 0.200. The number of aliphatic hydroxyl groups excluding tert-OH is 1. The highest BCUT2D eigenvalue weighted by molar-refractivity contribution is 6.30. The van der Waals surface area contributed by atoms with Crippen molar-refractivity contribution in [2.75, 3.05) is 0 Å². The van der Waals surface area contributed by atoms with Crippen LogP contribution < -0.4 is 0 Å². The lowest BCUT2D eigenvalue weighted by Crippen LogP contribution is -2.08. The first kappa shape index (κ1) is 10.6. The van der Waals surface area contributed by atoms with Crippen LogP contribution in [0, 0.1) is 0 Å². The van der Waals surface area contributed by atoms with E-state index in [2.05, 4.69) is 6.58 Å². The van der Waals surface area contributed by atoms with Gasteiger partial charge in [-0.1, -0.05) is 29.8 Å². The SMILES string of the molecule is C=C[C@@H](Cl)[C@H](O)c1ccc(Cl)cc1. The molecule has 0 aliphatic heterocycles. The molecule has 0 aliphatic carbocycles. The van der Waals surface area contributed by atoms with Crippen molar-refractivity contribution < 1.29 is 5.11 Å². The van der Waals surface area contributed by atoms with Gasteiger partial charge in [-0.25, -0.2) is 0 Å². The largest absolute Gasteiger partial charge is 0.387 e. The number of hydrogen-bond donors (Lipinski definition) is 1. The van der Waals surface area contributed by atoms with E-state index >= 15 is 0 Å². The van der Waals surface area contributed by atoms with Gasteiger partial charge in [-0.15, -0.1) is 18.2 Å². The van der Waals surface area contributed by atoms with Crippen LogP contribution in [0.3, 0.4) is 0 Å². The Hall–Kier alpha value is -0.500. The summed E-state index contributed by atoms with van der Waals surface area (Å²) in [7, 11) is 0. The zero-order valence-corrected chi connectivity index (χ0v) is 8.46. The minimum absolute atomic E-state index is 0.471. The van der Waals surface area contributed by atoms with Crippen molar-refractivity contribution in [3.8, 4) is 0 Å². The zero-order chi connectivity index (χ0) is 9.84. The zero-order valence-electron chi connectivity index (χ0n) is 6.95. The molecule has 0 bridgehead atoms. The van der Waals surface area contributed by atoms with E-state index in [-0.39, 0.29) is 0 Å². The molecular formula is C10H10Cl2O. The maximum absolute atomic E-state index is 9.63. The summed E-state index contributed by atoms with van der Waals surface area (Å²) in [6.07, 6.45) is 0.775. The van der Waals surface area contributed by atoms with Crippen LogP contribution in [0.2, 0.25) is 5.02 Å². The van der Waals surface area contributed by atoms with Gasteiger partial charge in [-0.2, -0.15) is 0 Å². The lowest BCUT2D eigenvalue weighted by atomic mass is 10.1. The maximum atomic E-state index is 9.63. The van der Waals surface area contributed by atoms with Crippen molar-refractivity contribution in [1.82, 2.24) is 0 Å². The third kappa shape index (κ3) is 2.73. The Morgan fingerprint density at radius 1 is 1.31 bits per heavy atom. The molecule has 13 heavy (non-hydrogen) atoms. The highest BCUT2D eigenvalue weighted by Gasteiger charge is 2.14. The molecule has 0 aliphatic rings. The molecule has 0 saturated carbocycles. The molecule has 0 heterocycles. The first-order valence-electron chi connectivity index (χ1n) is 3.85. The van der Waals surface area contributed by atoms with E-state index in [1.807, 2.05) is 0 Å². The third-order valence-electron chi connectivity index (χ3n) is 1.74. The monoisotopic (exact) mass is 216 g/mol. The van der Waals surface area contributed by atoms with Gasteiger partial charge in [0.25, 0.3) is 0 Å². The van der Waals surface area contributed by atoms with Gasteiger partial charge in [-0.3, -0.25) is 0 Å². The van der Waals surface area contributed by atoms with Crippen LogP contribution in [-0.2, 0) is 0 Å². The Balaban J connectivity index is 2.82. The molecule has 1 nitrogen and oxygen atoms in total. The van der Waals surface area contributed by atoms with Gasteiger partial charge in [0.2, 0.25) is 0 Å². The Morgan fingerprint density at radius 2 is 1.85 bits per heavy atom. The van der Waals surface area contributed by atoms with Crippen molar-refractivity contribution in [3.05, 3.63) is 47.5 Å². The quantitative estimate of drug-likeness (QED) is 0.609. The first-order valence-corrected chi connectivity index (χ1v) is 4.66. The van der Waals surface area contributed by atoms with Gasteiger partial charge in [0, 0.05) is 5.02 Å². The highest BCUT2D eigenvalue weighted by Crippen LogP contribution is 2.22. The maximum Gasteiger partial charge on any atom is 0.0988 e. The summed E-state index contributed by atoms with van der Waals surface area (Å²) >= 11 is 11.5. The van der Waals surface area contributed by atoms with Crippen LogP contribution in [-0.4, -0.2) is 10.5 Å². The molecule has 0 unspecified atom stereocenters. The van der Waals surface area contributed by atoms with Gasteiger partial charge >= 0.3 is 0 Å². The molecule has 0 spiro atoms. The van der Waals surface area contributed by atoms with E-state index in [1.54, 1.807) is 24.3 Å². The molecule has 0 amide bonds. The molecule has 0 aromatic heterocycles. The average Bonchev–Trinajstić information content (AvgIpc) is 2.17. The van der Waals surface area contributed by atoms with Gasteiger partial charge in [0.15, 0.2) is 0 Å². The topological polar surface area (TPSA) is 20.2 Å². The summed E-state index contributed by atoms with van der Waals surface area (Å²) in [5.74, 6) is 0. The minimum atomic E-state index is -0.726. The van der Waals surface area contributed by atoms with Gasteiger partial charge in [0.05, 0.1) is 11.5 Å². The number of alkyl halides is 1. The van der Waals surface area contributed by atoms with Crippen LogP contribution in [0.1, 0.15) is 11.7 Å². The summed E-state index contributed by atoms with van der Waals surface area (Å²) in [5.41, 5.74) is 0.740. The van der Waals surface area contributed by atoms with Gasteiger partial charge in [0.1, 0.15) is 0 Å². The Labute approximate surface area is 87.6 Å². The van der Waals surface area contributed by atoms with Crippen LogP contribution in [0.25, 0.3) is 0 Å². The van der Waals surface area contributed by atoms with Crippen LogP contribution >= 0.6 is 23.2 Å². The van der Waals surface area contributed by atoms with Crippen molar-refractivity contribution in [1.29, 1.82) is 0 Å². The van der Waals surface area contributed by atoms with Crippen LogP contribution in [0.15, 0.2) is 36.9 Å². The molecule has 0 radical (unpaired) electrons. The Morgan fingerprint density at radius 3 is 2.31 bits per heavy atom. The summed E-state index contributed by atoms with van der Waals surface area (Å²) in [5, 5.41) is 9.80. The van der Waals surface area contributed by atoms with E-state index in [0.29, 0.717) is 5.02 Å². The predicted octanol–water partition coefficient (Wildman–Crippen LogP) is 3.17.